The summed E-state index contributed by atoms with van der Waals surface area (Å²) in [5.74, 6) is 0.991. The Morgan fingerprint density at radius 2 is 1.68 bits per heavy atom. The Morgan fingerprint density at radius 1 is 1.00 bits per heavy atom. The molecule has 0 aliphatic heterocycles. The van der Waals surface area contributed by atoms with Crippen LogP contribution in [0.2, 0.25) is 0 Å². The van der Waals surface area contributed by atoms with Gasteiger partial charge in [0, 0.05) is 6.04 Å². The zero-order valence-corrected chi connectivity index (χ0v) is 12.7. The van der Waals surface area contributed by atoms with Crippen molar-refractivity contribution in [2.75, 3.05) is 13.7 Å². The van der Waals surface area contributed by atoms with Crippen LogP contribution in [0.15, 0.2) is 24.3 Å². The van der Waals surface area contributed by atoms with Crippen LogP contribution in [0.25, 0.3) is 0 Å². The second kappa shape index (κ2) is 9.85. The Hall–Kier alpha value is -1.02. The first-order valence-electron chi connectivity index (χ1n) is 7.71. The maximum absolute atomic E-state index is 5.77. The monoisotopic (exact) mass is 263 g/mol. The molecule has 1 atom stereocenters. The van der Waals surface area contributed by atoms with Crippen molar-refractivity contribution in [2.24, 2.45) is 0 Å². The highest BCUT2D eigenvalue weighted by molar-refractivity contribution is 5.29. The Morgan fingerprint density at radius 3 is 2.26 bits per heavy atom. The lowest BCUT2D eigenvalue weighted by Gasteiger charge is -2.14. The number of hydrogen-bond acceptors (Lipinski definition) is 2. The van der Waals surface area contributed by atoms with Crippen LogP contribution in [0.1, 0.15) is 64.0 Å². The molecule has 0 aliphatic carbocycles. The maximum atomic E-state index is 5.77. The van der Waals surface area contributed by atoms with Crippen molar-refractivity contribution in [1.29, 1.82) is 0 Å². The minimum atomic E-state index is 0.447. The van der Waals surface area contributed by atoms with Gasteiger partial charge in [0.25, 0.3) is 0 Å². The lowest BCUT2D eigenvalue weighted by molar-refractivity contribution is 0.304. The van der Waals surface area contributed by atoms with Crippen LogP contribution in [0.3, 0.4) is 0 Å². The van der Waals surface area contributed by atoms with E-state index in [4.69, 9.17) is 4.74 Å². The molecule has 0 bridgehead atoms. The van der Waals surface area contributed by atoms with Crippen molar-refractivity contribution in [3.63, 3.8) is 0 Å². The van der Waals surface area contributed by atoms with E-state index >= 15 is 0 Å². The van der Waals surface area contributed by atoms with E-state index in [9.17, 15) is 0 Å². The highest BCUT2D eigenvalue weighted by Crippen LogP contribution is 2.20. The molecule has 1 rings (SSSR count). The van der Waals surface area contributed by atoms with Gasteiger partial charge < -0.3 is 10.1 Å². The molecule has 1 aromatic rings. The summed E-state index contributed by atoms with van der Waals surface area (Å²) in [7, 11) is 2.01. The standard InChI is InChI=1S/C17H29NO/c1-4-6-7-8-9-14-19-16-12-10-15(11-13-16)17(5-2)18-3/h10-13,17-18H,4-9,14H2,1-3H3. The van der Waals surface area contributed by atoms with E-state index < -0.39 is 0 Å². The first kappa shape index (κ1) is 16.0. The second-order valence-corrected chi connectivity index (χ2v) is 5.08. The third kappa shape index (κ3) is 6.11. The highest BCUT2D eigenvalue weighted by atomic mass is 16.5. The zero-order valence-electron chi connectivity index (χ0n) is 12.7. The molecular formula is C17H29NO. The highest BCUT2D eigenvalue weighted by Gasteiger charge is 2.05. The maximum Gasteiger partial charge on any atom is 0.119 e. The molecule has 0 radical (unpaired) electrons. The molecule has 0 amide bonds. The molecule has 0 fully saturated rings. The molecule has 0 aromatic heterocycles. The summed E-state index contributed by atoms with van der Waals surface area (Å²) in [4.78, 5) is 0. The average Bonchev–Trinajstić information content (AvgIpc) is 2.45. The van der Waals surface area contributed by atoms with E-state index in [-0.39, 0.29) is 0 Å². The smallest absolute Gasteiger partial charge is 0.119 e. The lowest BCUT2D eigenvalue weighted by atomic mass is 10.0. The Kier molecular flexibility index (Phi) is 8.31. The number of unbranched alkanes of at least 4 members (excludes halogenated alkanes) is 4. The summed E-state index contributed by atoms with van der Waals surface area (Å²) in [5.41, 5.74) is 1.33. The van der Waals surface area contributed by atoms with Gasteiger partial charge in [-0.1, -0.05) is 51.7 Å². The predicted molar refractivity (Wildman–Crippen MR) is 82.8 cm³/mol. The Balaban J connectivity index is 2.28. The Bertz CT molecular complexity index is 317. The van der Waals surface area contributed by atoms with Gasteiger partial charge in [0.05, 0.1) is 6.61 Å². The number of benzene rings is 1. The molecule has 0 heterocycles. The molecule has 0 saturated carbocycles. The van der Waals surface area contributed by atoms with Gasteiger partial charge in [-0.2, -0.15) is 0 Å². The van der Waals surface area contributed by atoms with Crippen molar-refractivity contribution in [3.8, 4) is 5.75 Å². The fraction of sp³-hybridized carbons (Fsp3) is 0.647. The molecule has 1 unspecified atom stereocenters. The number of ether oxygens (including phenoxy) is 1. The Labute approximate surface area is 118 Å². The van der Waals surface area contributed by atoms with E-state index in [1.54, 1.807) is 0 Å². The zero-order chi connectivity index (χ0) is 13.9. The van der Waals surface area contributed by atoms with Crippen LogP contribution in [0.4, 0.5) is 0 Å². The third-order valence-corrected chi connectivity index (χ3v) is 3.56. The summed E-state index contributed by atoms with van der Waals surface area (Å²) in [6.45, 7) is 5.28. The topological polar surface area (TPSA) is 21.3 Å². The average molecular weight is 263 g/mol. The lowest BCUT2D eigenvalue weighted by Crippen LogP contribution is -2.14. The molecular weight excluding hydrogens is 234 g/mol. The van der Waals surface area contributed by atoms with Gasteiger partial charge in [0.1, 0.15) is 5.75 Å². The number of nitrogens with one attached hydrogen (secondary N) is 1. The quantitative estimate of drug-likeness (QED) is 0.617. The van der Waals surface area contributed by atoms with Crippen molar-refractivity contribution in [2.45, 2.75) is 58.4 Å². The normalized spacial score (nSPS) is 12.4. The summed E-state index contributed by atoms with van der Waals surface area (Å²) in [6, 6.07) is 8.94. The SMILES string of the molecule is CCCCCCCOc1ccc(C(CC)NC)cc1. The van der Waals surface area contributed by atoms with Gasteiger partial charge in [-0.3, -0.25) is 0 Å². The van der Waals surface area contributed by atoms with Crippen molar-refractivity contribution < 1.29 is 4.74 Å². The van der Waals surface area contributed by atoms with E-state index in [0.29, 0.717) is 6.04 Å². The largest absolute Gasteiger partial charge is 0.494 e. The molecule has 19 heavy (non-hydrogen) atoms. The van der Waals surface area contributed by atoms with Crippen LogP contribution in [0.5, 0.6) is 5.75 Å². The van der Waals surface area contributed by atoms with Gasteiger partial charge in [-0.05, 0) is 37.6 Å². The van der Waals surface area contributed by atoms with E-state index in [2.05, 4.69) is 43.4 Å². The fourth-order valence-electron chi connectivity index (χ4n) is 2.30. The number of rotatable bonds is 10. The van der Waals surface area contributed by atoms with E-state index in [1.165, 1.54) is 31.2 Å². The van der Waals surface area contributed by atoms with E-state index in [0.717, 1.165) is 25.2 Å². The molecule has 1 N–H and O–H groups in total. The van der Waals surface area contributed by atoms with Gasteiger partial charge in [0.15, 0.2) is 0 Å². The van der Waals surface area contributed by atoms with Crippen LogP contribution < -0.4 is 10.1 Å². The summed E-state index contributed by atoms with van der Waals surface area (Å²) in [5, 5.41) is 3.32. The van der Waals surface area contributed by atoms with Crippen LogP contribution in [-0.4, -0.2) is 13.7 Å². The third-order valence-electron chi connectivity index (χ3n) is 3.56. The molecule has 0 aliphatic rings. The molecule has 108 valence electrons. The number of hydrogen-bond donors (Lipinski definition) is 1. The van der Waals surface area contributed by atoms with Crippen molar-refractivity contribution in [1.82, 2.24) is 5.32 Å². The van der Waals surface area contributed by atoms with Crippen molar-refractivity contribution in [3.05, 3.63) is 29.8 Å². The second-order valence-electron chi connectivity index (χ2n) is 5.08. The van der Waals surface area contributed by atoms with Gasteiger partial charge in [0.2, 0.25) is 0 Å². The minimum absolute atomic E-state index is 0.447. The first-order valence-corrected chi connectivity index (χ1v) is 7.71. The summed E-state index contributed by atoms with van der Waals surface area (Å²) in [6.07, 6.45) is 7.52. The van der Waals surface area contributed by atoms with Gasteiger partial charge in [-0.25, -0.2) is 0 Å². The predicted octanol–water partition coefficient (Wildman–Crippen LogP) is 4.71. The van der Waals surface area contributed by atoms with E-state index in [1.807, 2.05) is 7.05 Å². The van der Waals surface area contributed by atoms with Crippen molar-refractivity contribution >= 4 is 0 Å². The van der Waals surface area contributed by atoms with Gasteiger partial charge in [-0.15, -0.1) is 0 Å². The van der Waals surface area contributed by atoms with Crippen LogP contribution >= 0.6 is 0 Å². The van der Waals surface area contributed by atoms with Crippen LogP contribution in [-0.2, 0) is 0 Å². The molecule has 2 nitrogen and oxygen atoms in total. The summed E-state index contributed by atoms with van der Waals surface area (Å²) >= 11 is 0. The minimum Gasteiger partial charge on any atom is -0.494 e. The molecule has 2 heteroatoms. The molecule has 1 aromatic carbocycles. The fourth-order valence-corrected chi connectivity index (χ4v) is 2.30. The molecule has 0 spiro atoms. The molecule has 0 saturated heterocycles. The van der Waals surface area contributed by atoms with Gasteiger partial charge >= 0.3 is 0 Å². The summed E-state index contributed by atoms with van der Waals surface area (Å²) < 4.78 is 5.77. The van der Waals surface area contributed by atoms with Crippen LogP contribution in [0, 0.1) is 0 Å². The first-order chi connectivity index (χ1) is 9.31.